The van der Waals surface area contributed by atoms with E-state index in [0.29, 0.717) is 18.2 Å². The summed E-state index contributed by atoms with van der Waals surface area (Å²) in [6, 6.07) is 6.56. The second kappa shape index (κ2) is 6.00. The molecule has 1 amide bonds. The number of aromatic hydroxyl groups is 1. The summed E-state index contributed by atoms with van der Waals surface area (Å²) in [4.78, 5) is 11.3. The van der Waals surface area contributed by atoms with Gasteiger partial charge in [-0.15, -0.1) is 0 Å². The average molecular weight is 223 g/mol. The van der Waals surface area contributed by atoms with Crippen LogP contribution in [0.25, 0.3) is 0 Å². The molecule has 1 rings (SSSR count). The Morgan fingerprint density at radius 1 is 1.44 bits per heavy atom. The van der Waals surface area contributed by atoms with Crippen LogP contribution in [0.3, 0.4) is 0 Å². The third-order valence-corrected chi connectivity index (χ3v) is 1.93. The zero-order chi connectivity index (χ0) is 12.0. The van der Waals surface area contributed by atoms with Gasteiger partial charge in [-0.2, -0.15) is 0 Å². The molecule has 0 fully saturated rings. The number of para-hydroxylation sites is 2. The number of carbonyl (C=O) groups excluding carboxylic acids is 1. The quantitative estimate of drug-likeness (QED) is 0.796. The first-order valence-corrected chi connectivity index (χ1v) is 5.27. The maximum Gasteiger partial charge on any atom is 0.257 e. The van der Waals surface area contributed by atoms with Crippen LogP contribution in [0.4, 0.5) is 0 Å². The van der Waals surface area contributed by atoms with Crippen molar-refractivity contribution in [3.8, 4) is 11.5 Å². The molecule has 1 aromatic rings. The van der Waals surface area contributed by atoms with E-state index in [1.54, 1.807) is 18.2 Å². The van der Waals surface area contributed by atoms with Crippen molar-refractivity contribution in [2.45, 2.75) is 13.8 Å². The Morgan fingerprint density at radius 2 is 2.12 bits per heavy atom. The van der Waals surface area contributed by atoms with Crippen LogP contribution in [0.15, 0.2) is 24.3 Å². The summed E-state index contributed by atoms with van der Waals surface area (Å²) in [7, 11) is 0. The fourth-order valence-electron chi connectivity index (χ4n) is 1.09. The molecule has 0 atom stereocenters. The number of carbonyl (C=O) groups is 1. The maximum absolute atomic E-state index is 11.3. The zero-order valence-corrected chi connectivity index (χ0v) is 9.56. The van der Waals surface area contributed by atoms with Crippen LogP contribution < -0.4 is 10.1 Å². The lowest BCUT2D eigenvalue weighted by molar-refractivity contribution is -0.123. The molecule has 88 valence electrons. The van der Waals surface area contributed by atoms with Crippen LogP contribution >= 0.6 is 0 Å². The number of phenolic OH excluding ortho intramolecular Hbond substituents is 1. The predicted molar refractivity (Wildman–Crippen MR) is 61.4 cm³/mol. The predicted octanol–water partition coefficient (Wildman–Crippen LogP) is 1.54. The summed E-state index contributed by atoms with van der Waals surface area (Å²) < 4.78 is 5.17. The molecule has 0 aliphatic carbocycles. The van der Waals surface area contributed by atoms with Crippen LogP contribution in [-0.2, 0) is 4.79 Å². The van der Waals surface area contributed by atoms with Crippen molar-refractivity contribution < 1.29 is 14.6 Å². The molecule has 0 saturated heterocycles. The van der Waals surface area contributed by atoms with Gasteiger partial charge in [-0.3, -0.25) is 4.79 Å². The molecule has 0 saturated carbocycles. The van der Waals surface area contributed by atoms with Gasteiger partial charge in [0.2, 0.25) is 0 Å². The van der Waals surface area contributed by atoms with E-state index in [9.17, 15) is 9.90 Å². The summed E-state index contributed by atoms with van der Waals surface area (Å²) >= 11 is 0. The van der Waals surface area contributed by atoms with Crippen LogP contribution in [0.2, 0.25) is 0 Å². The number of hydrogen-bond acceptors (Lipinski definition) is 3. The fourth-order valence-corrected chi connectivity index (χ4v) is 1.09. The third-order valence-electron chi connectivity index (χ3n) is 1.93. The second-order valence-electron chi connectivity index (χ2n) is 3.95. The standard InChI is InChI=1S/C12H17NO3/c1-9(2)7-13-12(15)8-16-11-6-4-3-5-10(11)14/h3-6,9,14H,7-8H2,1-2H3,(H,13,15). The van der Waals surface area contributed by atoms with Gasteiger partial charge in [-0.05, 0) is 18.1 Å². The molecule has 1 aromatic carbocycles. The molecular weight excluding hydrogens is 206 g/mol. The van der Waals surface area contributed by atoms with E-state index in [0.717, 1.165) is 0 Å². The lowest BCUT2D eigenvalue weighted by Crippen LogP contribution is -2.31. The number of phenols is 1. The van der Waals surface area contributed by atoms with Crippen molar-refractivity contribution in [1.82, 2.24) is 5.32 Å². The highest BCUT2D eigenvalue weighted by atomic mass is 16.5. The Balaban J connectivity index is 2.35. The van der Waals surface area contributed by atoms with Crippen LogP contribution in [-0.4, -0.2) is 24.2 Å². The Morgan fingerprint density at radius 3 is 2.75 bits per heavy atom. The van der Waals surface area contributed by atoms with Crippen molar-refractivity contribution in [2.24, 2.45) is 5.92 Å². The van der Waals surface area contributed by atoms with Gasteiger partial charge < -0.3 is 15.2 Å². The van der Waals surface area contributed by atoms with E-state index in [4.69, 9.17) is 4.74 Å². The smallest absolute Gasteiger partial charge is 0.257 e. The molecule has 4 nitrogen and oxygen atoms in total. The van der Waals surface area contributed by atoms with Gasteiger partial charge in [0.25, 0.3) is 5.91 Å². The average Bonchev–Trinajstić information content (AvgIpc) is 2.25. The molecule has 0 aliphatic heterocycles. The highest BCUT2D eigenvalue weighted by Crippen LogP contribution is 2.23. The topological polar surface area (TPSA) is 58.6 Å². The Kier molecular flexibility index (Phi) is 4.64. The van der Waals surface area contributed by atoms with E-state index in [1.807, 2.05) is 13.8 Å². The number of ether oxygens (including phenoxy) is 1. The van der Waals surface area contributed by atoms with Gasteiger partial charge in [-0.25, -0.2) is 0 Å². The van der Waals surface area contributed by atoms with Gasteiger partial charge >= 0.3 is 0 Å². The maximum atomic E-state index is 11.3. The lowest BCUT2D eigenvalue weighted by Gasteiger charge is -2.09. The first-order valence-electron chi connectivity index (χ1n) is 5.27. The van der Waals surface area contributed by atoms with Crippen molar-refractivity contribution in [3.63, 3.8) is 0 Å². The number of benzene rings is 1. The van der Waals surface area contributed by atoms with Crippen LogP contribution in [0.5, 0.6) is 11.5 Å². The number of hydrogen-bond donors (Lipinski definition) is 2. The van der Waals surface area contributed by atoms with E-state index < -0.39 is 0 Å². The van der Waals surface area contributed by atoms with E-state index in [2.05, 4.69) is 5.32 Å². The molecule has 0 aromatic heterocycles. The lowest BCUT2D eigenvalue weighted by atomic mass is 10.2. The molecule has 0 heterocycles. The molecule has 0 radical (unpaired) electrons. The molecule has 0 aliphatic rings. The SMILES string of the molecule is CC(C)CNC(=O)COc1ccccc1O. The Hall–Kier alpha value is -1.71. The summed E-state index contributed by atoms with van der Waals surface area (Å²) in [6.45, 7) is 4.58. The van der Waals surface area contributed by atoms with Crippen molar-refractivity contribution in [2.75, 3.05) is 13.2 Å². The first-order chi connectivity index (χ1) is 7.59. The van der Waals surface area contributed by atoms with Crippen LogP contribution in [0.1, 0.15) is 13.8 Å². The number of rotatable bonds is 5. The normalized spacial score (nSPS) is 10.2. The monoisotopic (exact) mass is 223 g/mol. The molecule has 2 N–H and O–H groups in total. The van der Waals surface area contributed by atoms with Crippen LogP contribution in [0, 0.1) is 5.92 Å². The molecule has 4 heteroatoms. The highest BCUT2D eigenvalue weighted by Gasteiger charge is 2.05. The third kappa shape index (κ3) is 4.21. The van der Waals surface area contributed by atoms with Gasteiger partial charge in [0, 0.05) is 6.54 Å². The fraction of sp³-hybridized carbons (Fsp3) is 0.417. The summed E-state index contributed by atoms with van der Waals surface area (Å²) in [5, 5.41) is 12.1. The highest BCUT2D eigenvalue weighted by molar-refractivity contribution is 5.77. The minimum Gasteiger partial charge on any atom is -0.504 e. The van der Waals surface area contributed by atoms with E-state index in [1.165, 1.54) is 6.07 Å². The van der Waals surface area contributed by atoms with E-state index in [-0.39, 0.29) is 18.3 Å². The largest absolute Gasteiger partial charge is 0.504 e. The summed E-state index contributed by atoms with van der Waals surface area (Å²) in [5.41, 5.74) is 0. The number of nitrogens with one attached hydrogen (secondary N) is 1. The van der Waals surface area contributed by atoms with Gasteiger partial charge in [0.15, 0.2) is 18.1 Å². The first kappa shape index (κ1) is 12.4. The summed E-state index contributed by atoms with van der Waals surface area (Å²) in [5.74, 6) is 0.590. The zero-order valence-electron chi connectivity index (χ0n) is 9.56. The van der Waals surface area contributed by atoms with Crippen molar-refractivity contribution in [3.05, 3.63) is 24.3 Å². The Bertz CT molecular complexity index is 350. The van der Waals surface area contributed by atoms with E-state index >= 15 is 0 Å². The second-order valence-corrected chi connectivity index (χ2v) is 3.95. The number of amides is 1. The minimum absolute atomic E-state index is 0.0409. The summed E-state index contributed by atoms with van der Waals surface area (Å²) in [6.07, 6.45) is 0. The molecule has 0 unspecified atom stereocenters. The molecular formula is C12H17NO3. The minimum atomic E-state index is -0.183. The van der Waals surface area contributed by atoms with Gasteiger partial charge in [-0.1, -0.05) is 26.0 Å². The van der Waals surface area contributed by atoms with Gasteiger partial charge in [0.05, 0.1) is 0 Å². The Labute approximate surface area is 95.2 Å². The molecule has 0 spiro atoms. The van der Waals surface area contributed by atoms with Crippen molar-refractivity contribution >= 4 is 5.91 Å². The molecule has 16 heavy (non-hydrogen) atoms. The van der Waals surface area contributed by atoms with Crippen molar-refractivity contribution in [1.29, 1.82) is 0 Å². The molecule has 0 bridgehead atoms. The van der Waals surface area contributed by atoms with Gasteiger partial charge in [0.1, 0.15) is 0 Å².